The van der Waals surface area contributed by atoms with E-state index >= 15 is 0 Å². The molecule has 0 radical (unpaired) electrons. The third-order valence-electron chi connectivity index (χ3n) is 5.64. The number of hydrogen-bond acceptors (Lipinski definition) is 5. The zero-order valence-corrected chi connectivity index (χ0v) is 19.6. The summed E-state index contributed by atoms with van der Waals surface area (Å²) in [5.41, 5.74) is 2.90. The van der Waals surface area contributed by atoms with Crippen molar-refractivity contribution in [2.45, 2.75) is 39.2 Å². The third-order valence-corrected chi connectivity index (χ3v) is 5.64. The van der Waals surface area contributed by atoms with E-state index in [1.165, 1.54) is 0 Å². The Labute approximate surface area is 195 Å². The summed E-state index contributed by atoms with van der Waals surface area (Å²) in [5, 5.41) is 5.57. The number of nitrogens with one attached hydrogen (secondary N) is 2. The van der Waals surface area contributed by atoms with E-state index < -0.39 is 11.7 Å². The third kappa shape index (κ3) is 7.51. The van der Waals surface area contributed by atoms with Gasteiger partial charge in [0.1, 0.15) is 0 Å². The fourth-order valence-electron chi connectivity index (χ4n) is 3.58. The monoisotopic (exact) mass is 451 g/mol. The standard InChI is InChI=1S/C26H33N3O4/c1-26(2,3)21-9-7-20(8-10-21)24(31)25(32)27-18-19-5-4-6-22(17-19)28-23(30)11-12-29-13-15-33-16-14-29/h4-10,17H,11-16,18H2,1-3H3,(H,27,32)(H,28,30). The normalized spacial score (nSPS) is 14.5. The van der Waals surface area contributed by atoms with Gasteiger partial charge in [0.15, 0.2) is 0 Å². The van der Waals surface area contributed by atoms with Crippen LogP contribution in [-0.4, -0.2) is 55.3 Å². The lowest BCUT2D eigenvalue weighted by Gasteiger charge is -2.26. The summed E-state index contributed by atoms with van der Waals surface area (Å²) in [6.45, 7) is 10.3. The van der Waals surface area contributed by atoms with Crippen LogP contribution < -0.4 is 10.6 Å². The van der Waals surface area contributed by atoms with Crippen LogP contribution in [0.25, 0.3) is 0 Å². The van der Waals surface area contributed by atoms with Crippen molar-refractivity contribution in [3.8, 4) is 0 Å². The van der Waals surface area contributed by atoms with E-state index in [0.717, 1.165) is 24.2 Å². The second kappa shape index (κ2) is 11.2. The first-order chi connectivity index (χ1) is 15.7. The molecule has 1 fully saturated rings. The molecule has 0 unspecified atom stereocenters. The summed E-state index contributed by atoms with van der Waals surface area (Å²) in [6, 6.07) is 14.4. The fraction of sp³-hybridized carbons (Fsp3) is 0.423. The van der Waals surface area contributed by atoms with Crippen LogP contribution >= 0.6 is 0 Å². The molecular formula is C26H33N3O4. The van der Waals surface area contributed by atoms with Gasteiger partial charge in [-0.15, -0.1) is 0 Å². The molecule has 3 rings (SSSR count). The van der Waals surface area contributed by atoms with Gasteiger partial charge >= 0.3 is 0 Å². The van der Waals surface area contributed by atoms with Crippen LogP contribution in [0.1, 0.15) is 48.7 Å². The molecule has 7 nitrogen and oxygen atoms in total. The molecule has 0 spiro atoms. The quantitative estimate of drug-likeness (QED) is 0.476. The Morgan fingerprint density at radius 1 is 1.00 bits per heavy atom. The highest BCUT2D eigenvalue weighted by atomic mass is 16.5. The first kappa shape index (κ1) is 24.6. The van der Waals surface area contributed by atoms with Crippen LogP contribution in [0, 0.1) is 0 Å². The SMILES string of the molecule is CC(C)(C)c1ccc(C(=O)C(=O)NCc2cccc(NC(=O)CCN3CCOCC3)c2)cc1. The predicted octanol–water partition coefficient (Wildman–Crippen LogP) is 3.14. The topological polar surface area (TPSA) is 87.7 Å². The average Bonchev–Trinajstić information content (AvgIpc) is 2.81. The maximum Gasteiger partial charge on any atom is 0.292 e. The first-order valence-electron chi connectivity index (χ1n) is 11.3. The van der Waals surface area contributed by atoms with Gasteiger partial charge < -0.3 is 15.4 Å². The van der Waals surface area contributed by atoms with E-state index in [1.807, 2.05) is 24.3 Å². The molecule has 0 aliphatic carbocycles. The molecular weight excluding hydrogens is 418 g/mol. The molecule has 1 aliphatic rings. The first-order valence-corrected chi connectivity index (χ1v) is 11.3. The molecule has 2 N–H and O–H groups in total. The highest BCUT2D eigenvalue weighted by Crippen LogP contribution is 2.22. The molecule has 0 aromatic heterocycles. The Morgan fingerprint density at radius 3 is 2.36 bits per heavy atom. The van der Waals surface area contributed by atoms with Gasteiger partial charge in [-0.2, -0.15) is 0 Å². The zero-order chi connectivity index (χ0) is 23.8. The van der Waals surface area contributed by atoms with Crippen molar-refractivity contribution < 1.29 is 19.1 Å². The van der Waals surface area contributed by atoms with Crippen molar-refractivity contribution in [2.75, 3.05) is 38.2 Å². The van der Waals surface area contributed by atoms with Gasteiger partial charge in [0.05, 0.1) is 13.2 Å². The van der Waals surface area contributed by atoms with Crippen molar-refractivity contribution >= 4 is 23.3 Å². The number of hydrogen-bond donors (Lipinski definition) is 2. The lowest BCUT2D eigenvalue weighted by Crippen LogP contribution is -2.38. The maximum atomic E-state index is 12.5. The largest absolute Gasteiger partial charge is 0.379 e. The van der Waals surface area contributed by atoms with Crippen LogP contribution in [0.15, 0.2) is 48.5 Å². The molecule has 33 heavy (non-hydrogen) atoms. The molecule has 1 saturated heterocycles. The zero-order valence-electron chi connectivity index (χ0n) is 19.6. The molecule has 1 heterocycles. The number of benzene rings is 2. The number of morpholine rings is 1. The minimum atomic E-state index is -0.654. The van der Waals surface area contributed by atoms with E-state index in [0.29, 0.717) is 37.4 Å². The van der Waals surface area contributed by atoms with Gasteiger partial charge in [-0.3, -0.25) is 19.3 Å². The van der Waals surface area contributed by atoms with Crippen molar-refractivity contribution in [3.63, 3.8) is 0 Å². The van der Waals surface area contributed by atoms with E-state index in [4.69, 9.17) is 4.74 Å². The van der Waals surface area contributed by atoms with Crippen molar-refractivity contribution in [1.29, 1.82) is 0 Å². The number of amides is 2. The molecule has 176 valence electrons. The molecule has 2 aromatic carbocycles. The van der Waals surface area contributed by atoms with Gasteiger partial charge in [0.2, 0.25) is 11.7 Å². The molecule has 2 amide bonds. The van der Waals surface area contributed by atoms with Crippen LogP contribution in [0.4, 0.5) is 5.69 Å². The van der Waals surface area contributed by atoms with Gasteiger partial charge in [0, 0.05) is 43.9 Å². The second-order valence-corrected chi connectivity index (χ2v) is 9.29. The minimum absolute atomic E-state index is 0.0211. The molecule has 1 aliphatic heterocycles. The van der Waals surface area contributed by atoms with Crippen LogP contribution in [0.5, 0.6) is 0 Å². The average molecular weight is 452 g/mol. The highest BCUT2D eigenvalue weighted by Gasteiger charge is 2.18. The number of ketones is 1. The van der Waals surface area contributed by atoms with E-state index in [1.54, 1.807) is 24.3 Å². The number of carbonyl (C=O) groups excluding carboxylic acids is 3. The number of carbonyl (C=O) groups is 3. The summed E-state index contributed by atoms with van der Waals surface area (Å²) >= 11 is 0. The van der Waals surface area contributed by atoms with Gasteiger partial charge in [-0.05, 0) is 28.7 Å². The van der Waals surface area contributed by atoms with Crippen molar-refractivity contribution in [2.24, 2.45) is 0 Å². The van der Waals surface area contributed by atoms with E-state index in [2.05, 4.69) is 36.3 Å². The minimum Gasteiger partial charge on any atom is -0.379 e. The van der Waals surface area contributed by atoms with Crippen LogP contribution in [-0.2, 0) is 26.3 Å². The molecule has 2 aromatic rings. The van der Waals surface area contributed by atoms with E-state index in [-0.39, 0.29) is 17.9 Å². The summed E-state index contributed by atoms with van der Waals surface area (Å²) in [6.07, 6.45) is 0.406. The highest BCUT2D eigenvalue weighted by molar-refractivity contribution is 6.42. The maximum absolute atomic E-state index is 12.5. The predicted molar refractivity (Wildman–Crippen MR) is 128 cm³/mol. The fourth-order valence-corrected chi connectivity index (χ4v) is 3.58. The summed E-state index contributed by atoms with van der Waals surface area (Å²) in [7, 11) is 0. The summed E-state index contributed by atoms with van der Waals surface area (Å²) in [5.74, 6) is -1.28. The summed E-state index contributed by atoms with van der Waals surface area (Å²) in [4.78, 5) is 39.3. The number of ether oxygens (including phenoxy) is 1. The Balaban J connectivity index is 1.48. The van der Waals surface area contributed by atoms with Crippen molar-refractivity contribution in [3.05, 3.63) is 65.2 Å². The number of Topliss-reactive ketones (excluding diaryl/α,β-unsaturated/α-hetero) is 1. The van der Waals surface area contributed by atoms with Crippen molar-refractivity contribution in [1.82, 2.24) is 10.2 Å². The lowest BCUT2D eigenvalue weighted by atomic mass is 9.86. The number of rotatable bonds is 8. The summed E-state index contributed by atoms with van der Waals surface area (Å²) < 4.78 is 5.32. The smallest absolute Gasteiger partial charge is 0.292 e. The molecule has 0 saturated carbocycles. The number of nitrogens with zero attached hydrogens (tertiary/aromatic N) is 1. The van der Waals surface area contributed by atoms with Crippen LogP contribution in [0.2, 0.25) is 0 Å². The lowest BCUT2D eigenvalue weighted by molar-refractivity contribution is -0.117. The molecule has 7 heteroatoms. The van der Waals surface area contributed by atoms with Crippen LogP contribution in [0.3, 0.4) is 0 Å². The Kier molecular flexibility index (Phi) is 8.36. The Morgan fingerprint density at radius 2 is 1.70 bits per heavy atom. The van der Waals surface area contributed by atoms with Gasteiger partial charge in [-0.25, -0.2) is 0 Å². The second-order valence-electron chi connectivity index (χ2n) is 9.29. The molecule has 0 bridgehead atoms. The Hall–Kier alpha value is -3.03. The van der Waals surface area contributed by atoms with Gasteiger partial charge in [0.25, 0.3) is 5.91 Å². The van der Waals surface area contributed by atoms with E-state index in [9.17, 15) is 14.4 Å². The molecule has 0 atom stereocenters. The van der Waals surface area contributed by atoms with Gasteiger partial charge in [-0.1, -0.05) is 57.2 Å². The number of anilines is 1. The Bertz CT molecular complexity index is 974.